The molecular formula is C18H26N2. The van der Waals surface area contributed by atoms with E-state index >= 15 is 0 Å². The first-order valence-electron chi connectivity index (χ1n) is 7.65. The number of hydrogen-bond acceptors (Lipinski definition) is 2. The maximum absolute atomic E-state index is 2.51. The molecule has 1 saturated heterocycles. The number of piperazine rings is 1. The summed E-state index contributed by atoms with van der Waals surface area (Å²) in [6.45, 7) is 12.2. The second-order valence-corrected chi connectivity index (χ2v) is 5.21. The molecular weight excluding hydrogens is 244 g/mol. The second kappa shape index (κ2) is 7.30. The third-order valence-corrected chi connectivity index (χ3v) is 4.04. The molecule has 0 spiro atoms. The Kier molecular flexibility index (Phi) is 5.42. The average Bonchev–Trinajstić information content (AvgIpc) is 2.53. The molecule has 0 atom stereocenters. The molecule has 0 bridgehead atoms. The summed E-state index contributed by atoms with van der Waals surface area (Å²) in [7, 11) is 0. The molecule has 1 heterocycles. The van der Waals surface area contributed by atoms with Gasteiger partial charge in [-0.25, -0.2) is 0 Å². The van der Waals surface area contributed by atoms with Gasteiger partial charge in [0.25, 0.3) is 0 Å². The van der Waals surface area contributed by atoms with Crippen LogP contribution in [0, 0.1) is 0 Å². The minimum absolute atomic E-state index is 1.14. The van der Waals surface area contributed by atoms with Crippen molar-refractivity contribution in [3.8, 4) is 0 Å². The molecule has 108 valence electrons. The van der Waals surface area contributed by atoms with Gasteiger partial charge >= 0.3 is 0 Å². The lowest BCUT2D eigenvalue weighted by molar-refractivity contribution is 0.271. The molecule has 2 rings (SSSR count). The van der Waals surface area contributed by atoms with Crippen molar-refractivity contribution in [3.63, 3.8) is 0 Å². The molecule has 1 aliphatic rings. The topological polar surface area (TPSA) is 6.48 Å². The van der Waals surface area contributed by atoms with Crippen molar-refractivity contribution < 1.29 is 0 Å². The van der Waals surface area contributed by atoms with E-state index < -0.39 is 0 Å². The van der Waals surface area contributed by atoms with E-state index in [1.54, 1.807) is 0 Å². The summed E-state index contributed by atoms with van der Waals surface area (Å²) in [4.78, 5) is 5.00. The van der Waals surface area contributed by atoms with Gasteiger partial charge in [0.15, 0.2) is 0 Å². The Labute approximate surface area is 123 Å². The summed E-state index contributed by atoms with van der Waals surface area (Å²) in [6, 6.07) is 8.97. The fourth-order valence-electron chi connectivity index (χ4n) is 2.73. The Morgan fingerprint density at radius 3 is 2.20 bits per heavy atom. The van der Waals surface area contributed by atoms with Crippen LogP contribution in [0.1, 0.15) is 26.3 Å². The van der Waals surface area contributed by atoms with Crippen LogP contribution in [-0.4, -0.2) is 37.6 Å². The van der Waals surface area contributed by atoms with Crippen molar-refractivity contribution in [1.29, 1.82) is 0 Å². The normalized spacial score (nSPS) is 17.9. The van der Waals surface area contributed by atoms with E-state index in [-0.39, 0.29) is 0 Å². The minimum atomic E-state index is 1.14. The molecule has 0 unspecified atom stereocenters. The maximum Gasteiger partial charge on any atom is 0.0367 e. The number of hydrogen-bond donors (Lipinski definition) is 0. The molecule has 2 nitrogen and oxygen atoms in total. The van der Waals surface area contributed by atoms with Crippen molar-refractivity contribution in [2.75, 3.05) is 37.6 Å². The smallest absolute Gasteiger partial charge is 0.0367 e. The fourth-order valence-corrected chi connectivity index (χ4v) is 2.73. The quantitative estimate of drug-likeness (QED) is 0.768. The van der Waals surface area contributed by atoms with E-state index in [1.165, 1.54) is 36.5 Å². The molecule has 20 heavy (non-hydrogen) atoms. The number of rotatable bonds is 4. The summed E-state index contributed by atoms with van der Waals surface area (Å²) >= 11 is 0. The number of anilines is 1. The number of likely N-dealkylation sites (N-methyl/N-ethyl adjacent to an activating group) is 1. The molecule has 0 amide bonds. The molecule has 1 fully saturated rings. The van der Waals surface area contributed by atoms with Gasteiger partial charge in [0.2, 0.25) is 0 Å². The Bertz CT molecular complexity index is 463. The lowest BCUT2D eigenvalue weighted by atomic mass is 10.0. The highest BCUT2D eigenvalue weighted by atomic mass is 15.3. The molecule has 1 aromatic carbocycles. The van der Waals surface area contributed by atoms with Gasteiger partial charge in [-0.05, 0) is 43.7 Å². The van der Waals surface area contributed by atoms with Crippen molar-refractivity contribution >= 4 is 11.3 Å². The third-order valence-electron chi connectivity index (χ3n) is 4.04. The Balaban J connectivity index is 2.05. The first kappa shape index (κ1) is 14.9. The van der Waals surface area contributed by atoms with Crippen molar-refractivity contribution in [2.45, 2.75) is 20.8 Å². The summed E-state index contributed by atoms with van der Waals surface area (Å²) in [6.07, 6.45) is 6.41. The van der Waals surface area contributed by atoms with Crippen LogP contribution >= 0.6 is 0 Å². The Morgan fingerprint density at radius 2 is 1.70 bits per heavy atom. The lowest BCUT2D eigenvalue weighted by Gasteiger charge is -2.35. The van der Waals surface area contributed by atoms with Gasteiger partial charge in [0.1, 0.15) is 0 Å². The molecule has 0 radical (unpaired) electrons. The SMILES string of the molecule is C/C=C\C(=C/C)c1ccc(N2CCN(CC)CC2)cc1. The monoisotopic (exact) mass is 270 g/mol. The van der Waals surface area contributed by atoms with E-state index in [1.807, 2.05) is 0 Å². The first-order chi connectivity index (χ1) is 9.78. The highest BCUT2D eigenvalue weighted by Crippen LogP contribution is 2.22. The van der Waals surface area contributed by atoms with Gasteiger partial charge in [0, 0.05) is 31.9 Å². The summed E-state index contributed by atoms with van der Waals surface area (Å²) < 4.78 is 0. The maximum atomic E-state index is 2.51. The van der Waals surface area contributed by atoms with Crippen molar-refractivity contribution in [3.05, 3.63) is 48.1 Å². The van der Waals surface area contributed by atoms with Crippen LogP contribution in [0.2, 0.25) is 0 Å². The lowest BCUT2D eigenvalue weighted by Crippen LogP contribution is -2.46. The van der Waals surface area contributed by atoms with Crippen LogP contribution in [0.25, 0.3) is 5.57 Å². The fraction of sp³-hybridized carbons (Fsp3) is 0.444. The zero-order valence-corrected chi connectivity index (χ0v) is 13.0. The van der Waals surface area contributed by atoms with Crippen LogP contribution in [0.3, 0.4) is 0 Å². The van der Waals surface area contributed by atoms with Gasteiger partial charge in [-0.15, -0.1) is 0 Å². The second-order valence-electron chi connectivity index (χ2n) is 5.21. The molecule has 1 aliphatic heterocycles. The van der Waals surface area contributed by atoms with E-state index in [2.05, 4.69) is 73.1 Å². The van der Waals surface area contributed by atoms with Gasteiger partial charge < -0.3 is 9.80 Å². The Morgan fingerprint density at radius 1 is 1.05 bits per heavy atom. The third kappa shape index (κ3) is 3.51. The van der Waals surface area contributed by atoms with E-state index in [9.17, 15) is 0 Å². The van der Waals surface area contributed by atoms with Crippen LogP contribution in [-0.2, 0) is 0 Å². The van der Waals surface area contributed by atoms with Gasteiger partial charge in [-0.3, -0.25) is 0 Å². The molecule has 2 heteroatoms. The summed E-state index contributed by atoms with van der Waals surface area (Å²) in [5, 5.41) is 0. The van der Waals surface area contributed by atoms with Crippen LogP contribution in [0.15, 0.2) is 42.5 Å². The van der Waals surface area contributed by atoms with Crippen molar-refractivity contribution in [2.24, 2.45) is 0 Å². The first-order valence-corrected chi connectivity index (χ1v) is 7.65. The molecule has 0 N–H and O–H groups in total. The number of allylic oxidation sites excluding steroid dienone is 4. The minimum Gasteiger partial charge on any atom is -0.369 e. The highest BCUT2D eigenvalue weighted by Gasteiger charge is 2.15. The molecule has 0 aliphatic carbocycles. The van der Waals surface area contributed by atoms with E-state index in [4.69, 9.17) is 0 Å². The van der Waals surface area contributed by atoms with Crippen molar-refractivity contribution in [1.82, 2.24) is 4.90 Å². The molecule has 0 saturated carbocycles. The number of nitrogens with zero attached hydrogens (tertiary/aromatic N) is 2. The van der Waals surface area contributed by atoms with Gasteiger partial charge in [-0.2, -0.15) is 0 Å². The van der Waals surface area contributed by atoms with Crippen LogP contribution in [0.4, 0.5) is 5.69 Å². The standard InChI is InChI=1S/C18H26N2/c1-4-7-16(5-2)17-8-10-18(11-9-17)20-14-12-19(6-3)13-15-20/h4-5,7-11H,6,12-15H2,1-3H3/b7-4-,16-5+. The summed E-state index contributed by atoms with van der Waals surface area (Å²) in [5.41, 5.74) is 3.93. The van der Waals surface area contributed by atoms with Gasteiger partial charge in [0.05, 0.1) is 0 Å². The van der Waals surface area contributed by atoms with E-state index in [0.29, 0.717) is 0 Å². The zero-order chi connectivity index (χ0) is 14.4. The summed E-state index contributed by atoms with van der Waals surface area (Å²) in [5.74, 6) is 0. The van der Waals surface area contributed by atoms with E-state index in [0.717, 1.165) is 13.1 Å². The highest BCUT2D eigenvalue weighted by molar-refractivity contribution is 5.74. The predicted molar refractivity (Wildman–Crippen MR) is 89.2 cm³/mol. The average molecular weight is 270 g/mol. The largest absolute Gasteiger partial charge is 0.369 e. The van der Waals surface area contributed by atoms with Crippen LogP contribution in [0.5, 0.6) is 0 Å². The van der Waals surface area contributed by atoms with Crippen LogP contribution < -0.4 is 4.90 Å². The zero-order valence-electron chi connectivity index (χ0n) is 13.0. The molecule has 1 aromatic rings. The Hall–Kier alpha value is -1.54. The van der Waals surface area contributed by atoms with Gasteiger partial charge in [-0.1, -0.05) is 37.3 Å². The number of benzene rings is 1. The predicted octanol–water partition coefficient (Wildman–Crippen LogP) is 3.81. The molecule has 0 aromatic heterocycles.